The lowest BCUT2D eigenvalue weighted by Gasteiger charge is -2.36. The van der Waals surface area contributed by atoms with E-state index in [-0.39, 0.29) is 0 Å². The van der Waals surface area contributed by atoms with E-state index < -0.39 is 0 Å². The fourth-order valence-electron chi connectivity index (χ4n) is 1.53. The fraction of sp³-hybridized carbons (Fsp3) is 0.714. The van der Waals surface area contributed by atoms with Crippen molar-refractivity contribution in [2.24, 2.45) is 0 Å². The second kappa shape index (κ2) is 3.32. The highest BCUT2D eigenvalue weighted by Crippen LogP contribution is 2.48. The van der Waals surface area contributed by atoms with Crippen LogP contribution < -0.4 is 0 Å². The summed E-state index contributed by atoms with van der Waals surface area (Å²) in [6.07, 6.45) is 4.04. The van der Waals surface area contributed by atoms with E-state index in [2.05, 4.69) is 0 Å². The largest absolute Gasteiger partial charge is 0.774 e. The smallest absolute Gasteiger partial charge is 0.0195 e. The Bertz CT molecular complexity index is 179. The van der Waals surface area contributed by atoms with Gasteiger partial charge in [0.15, 0.2) is 0 Å². The normalized spacial score (nSPS) is 37.5. The topological polar surface area (TPSA) is 0 Å². The molecule has 0 aromatic carbocycles. The highest BCUT2D eigenvalue weighted by atomic mass is 32.2. The van der Waals surface area contributed by atoms with Crippen LogP contribution in [0.4, 0.5) is 0 Å². The Morgan fingerprint density at radius 3 is 1.91 bits per heavy atom. The van der Waals surface area contributed by atoms with Crippen molar-refractivity contribution in [3.63, 3.8) is 0 Å². The van der Waals surface area contributed by atoms with Crippen molar-refractivity contribution < 1.29 is 0 Å². The van der Waals surface area contributed by atoms with Gasteiger partial charge >= 0.3 is 0 Å². The van der Waals surface area contributed by atoms with Gasteiger partial charge < -0.3 is 25.3 Å². The van der Waals surface area contributed by atoms with Gasteiger partial charge in [-0.25, -0.2) is 0 Å². The van der Waals surface area contributed by atoms with Gasteiger partial charge in [0.1, 0.15) is 0 Å². The minimum atomic E-state index is 0.777. The minimum Gasteiger partial charge on any atom is -0.774 e. The molecule has 11 heavy (non-hydrogen) atoms. The van der Waals surface area contributed by atoms with Crippen molar-refractivity contribution in [2.75, 3.05) is 0 Å². The maximum absolute atomic E-state index is 5.15. The molecule has 1 aliphatic carbocycles. The van der Waals surface area contributed by atoms with Gasteiger partial charge in [-0.3, -0.25) is 0 Å². The lowest BCUT2D eigenvalue weighted by Crippen LogP contribution is -2.16. The first-order valence-electron chi connectivity index (χ1n) is 3.69. The zero-order chi connectivity index (χ0) is 7.84. The van der Waals surface area contributed by atoms with Crippen LogP contribution in [0.2, 0.25) is 0 Å². The molecule has 1 fully saturated rings. The molecule has 0 N–H and O–H groups in total. The lowest BCUT2D eigenvalue weighted by molar-refractivity contribution is 0.891. The van der Waals surface area contributed by atoms with E-state index in [1.165, 1.54) is 19.3 Å². The zero-order valence-corrected chi connectivity index (χ0v) is 9.18. The summed E-state index contributed by atoms with van der Waals surface area (Å²) >= 11 is 14.0. The summed E-state index contributed by atoms with van der Waals surface area (Å²) in [5.74, 6) is 0. The minimum absolute atomic E-state index is 0.777. The second-order valence-electron chi connectivity index (χ2n) is 2.82. The summed E-state index contributed by atoms with van der Waals surface area (Å²) in [5.41, 5.74) is 0. The summed E-state index contributed by atoms with van der Waals surface area (Å²) in [4.78, 5) is 0. The summed E-state index contributed by atoms with van der Waals surface area (Å²) in [5, 5.41) is 1.55. The summed E-state index contributed by atoms with van der Waals surface area (Å²) in [6.45, 7) is 0. The van der Waals surface area contributed by atoms with Crippen molar-refractivity contribution in [3.05, 3.63) is 8.47 Å². The summed E-state index contributed by atoms with van der Waals surface area (Å²) in [7, 11) is 0. The summed E-state index contributed by atoms with van der Waals surface area (Å²) < 4.78 is 1.93. The van der Waals surface area contributed by atoms with Crippen molar-refractivity contribution in [2.45, 2.75) is 29.8 Å². The van der Waals surface area contributed by atoms with Crippen molar-refractivity contribution >= 4 is 48.8 Å². The number of hydrogen-bond acceptors (Lipinski definition) is 4. The molecule has 2 atom stereocenters. The van der Waals surface area contributed by atoms with Gasteiger partial charge in [0.25, 0.3) is 0 Å². The third kappa shape index (κ3) is 1.64. The van der Waals surface area contributed by atoms with E-state index in [4.69, 9.17) is 25.3 Å². The Kier molecular flexibility index (Phi) is 2.56. The van der Waals surface area contributed by atoms with Gasteiger partial charge in [-0.1, -0.05) is 6.42 Å². The predicted octanol–water partition coefficient (Wildman–Crippen LogP) is 2.61. The molecule has 0 bridgehead atoms. The van der Waals surface area contributed by atoms with Crippen LogP contribution in [0.5, 0.6) is 0 Å². The monoisotopic (exact) mass is 220 g/mol. The lowest BCUT2D eigenvalue weighted by atomic mass is 10.4. The molecule has 1 aliphatic heterocycles. The third-order valence-corrected chi connectivity index (χ3v) is 6.32. The first-order valence-corrected chi connectivity index (χ1v) is 6.26. The number of fused-ring (bicyclic) bond motifs is 1. The number of thioether (sulfide) groups is 2. The SMILES string of the molecule is [S-]C1=C([S-])SC2CCCC2S1. The Balaban J connectivity index is 2.14. The van der Waals surface area contributed by atoms with Crippen molar-refractivity contribution in [1.82, 2.24) is 0 Å². The van der Waals surface area contributed by atoms with E-state index in [9.17, 15) is 0 Å². The highest BCUT2D eigenvalue weighted by Gasteiger charge is 2.29. The van der Waals surface area contributed by atoms with Crippen LogP contribution in [0.25, 0.3) is 0 Å². The molecule has 0 aromatic heterocycles. The van der Waals surface area contributed by atoms with Gasteiger partial charge in [-0.15, -0.1) is 0 Å². The number of rotatable bonds is 0. The second-order valence-corrected chi connectivity index (χ2v) is 6.65. The Morgan fingerprint density at radius 1 is 1.00 bits per heavy atom. The Hall–Kier alpha value is 0.880. The van der Waals surface area contributed by atoms with Crippen LogP contribution >= 0.6 is 23.5 Å². The summed E-state index contributed by atoms with van der Waals surface area (Å²) in [6, 6.07) is 0. The maximum atomic E-state index is 5.15. The van der Waals surface area contributed by atoms with Crippen LogP contribution in [0.1, 0.15) is 19.3 Å². The van der Waals surface area contributed by atoms with E-state index in [0.717, 1.165) is 19.0 Å². The van der Waals surface area contributed by atoms with Crippen LogP contribution in [0.3, 0.4) is 0 Å². The predicted molar refractivity (Wildman–Crippen MR) is 58.4 cm³/mol. The molecule has 4 heteroatoms. The molecular formula is C7H8S4-2. The number of hydrogen-bond donors (Lipinski definition) is 0. The van der Waals surface area contributed by atoms with Gasteiger partial charge in [0, 0.05) is 10.5 Å². The average molecular weight is 220 g/mol. The molecule has 1 saturated carbocycles. The van der Waals surface area contributed by atoms with Crippen LogP contribution in [0, 0.1) is 0 Å². The van der Waals surface area contributed by atoms with E-state index >= 15 is 0 Å². The quantitative estimate of drug-likeness (QED) is 0.575. The van der Waals surface area contributed by atoms with Crippen LogP contribution in [-0.4, -0.2) is 10.5 Å². The van der Waals surface area contributed by atoms with E-state index in [1.54, 1.807) is 0 Å². The molecule has 2 aliphatic rings. The molecule has 0 aromatic rings. The van der Waals surface area contributed by atoms with Gasteiger partial charge in [0.2, 0.25) is 0 Å². The maximum Gasteiger partial charge on any atom is 0.0195 e. The van der Waals surface area contributed by atoms with Gasteiger partial charge in [0.05, 0.1) is 0 Å². The van der Waals surface area contributed by atoms with E-state index in [0.29, 0.717) is 0 Å². The first-order chi connectivity index (χ1) is 5.27. The molecule has 0 saturated heterocycles. The highest BCUT2D eigenvalue weighted by molar-refractivity contribution is 8.19. The zero-order valence-electron chi connectivity index (χ0n) is 5.91. The molecule has 0 nitrogen and oxygen atoms in total. The molecule has 62 valence electrons. The molecule has 1 heterocycles. The molecule has 0 radical (unpaired) electrons. The molecule has 0 spiro atoms. The molecule has 2 rings (SSSR count). The van der Waals surface area contributed by atoms with Gasteiger partial charge in [-0.2, -0.15) is 32.0 Å². The third-order valence-electron chi connectivity index (χ3n) is 2.08. The van der Waals surface area contributed by atoms with E-state index in [1.807, 2.05) is 23.5 Å². The molecule has 2 unspecified atom stereocenters. The van der Waals surface area contributed by atoms with Crippen molar-refractivity contribution in [1.29, 1.82) is 0 Å². The Labute approximate surface area is 86.8 Å². The average Bonchev–Trinajstić information content (AvgIpc) is 2.36. The molecular weight excluding hydrogens is 212 g/mol. The van der Waals surface area contributed by atoms with Crippen LogP contribution in [-0.2, 0) is 25.3 Å². The van der Waals surface area contributed by atoms with Crippen molar-refractivity contribution in [3.8, 4) is 0 Å². The van der Waals surface area contributed by atoms with Crippen LogP contribution in [0.15, 0.2) is 8.47 Å². The Morgan fingerprint density at radius 2 is 1.45 bits per heavy atom. The first kappa shape index (κ1) is 8.48. The molecule has 0 amide bonds. The van der Waals surface area contributed by atoms with Gasteiger partial charge in [-0.05, 0) is 12.8 Å². The standard InChI is InChI=1S/C7H10S4/c8-6-7(9)11-5-3-1-2-4(5)10-6/h4-5,8-9H,1-3H2/p-2. The fourth-order valence-corrected chi connectivity index (χ4v) is 5.07.